The Labute approximate surface area is 91.5 Å². The summed E-state index contributed by atoms with van der Waals surface area (Å²) < 4.78 is 0. The summed E-state index contributed by atoms with van der Waals surface area (Å²) in [6, 6.07) is 2.21. The molecule has 0 N–H and O–H groups in total. The smallest absolute Gasteiger partial charge is 0.0401 e. The molecule has 1 aromatic rings. The maximum atomic E-state index is 5.97. The Morgan fingerprint density at radius 3 is 2.50 bits per heavy atom. The number of hydrogen-bond donors (Lipinski definition) is 0. The molecule has 0 aliphatic heterocycles. The van der Waals surface area contributed by atoms with Crippen LogP contribution >= 0.6 is 11.6 Å². The predicted octanol–water partition coefficient (Wildman–Crippen LogP) is 3.82. The Kier molecular flexibility index (Phi) is 3.94. The first-order valence-corrected chi connectivity index (χ1v) is 5.51. The largest absolute Gasteiger partial charge is 0.261 e. The van der Waals surface area contributed by atoms with E-state index in [9.17, 15) is 0 Å². The highest BCUT2D eigenvalue weighted by atomic mass is 35.5. The van der Waals surface area contributed by atoms with Crippen LogP contribution in [0.3, 0.4) is 0 Å². The van der Waals surface area contributed by atoms with Crippen LogP contribution in [0.25, 0.3) is 0 Å². The Morgan fingerprint density at radius 2 is 2.00 bits per heavy atom. The summed E-state index contributed by atoms with van der Waals surface area (Å²) in [5.74, 6) is 0.495. The van der Waals surface area contributed by atoms with Crippen LogP contribution in [0.1, 0.15) is 43.0 Å². The third kappa shape index (κ3) is 2.98. The Morgan fingerprint density at radius 1 is 1.36 bits per heavy atom. The minimum atomic E-state index is 0.228. The molecule has 0 fully saturated rings. The molecule has 0 saturated heterocycles. The molecule has 2 atom stereocenters. The molecule has 0 bridgehead atoms. The van der Waals surface area contributed by atoms with E-state index in [-0.39, 0.29) is 5.38 Å². The lowest BCUT2D eigenvalue weighted by atomic mass is 9.96. The fourth-order valence-electron chi connectivity index (χ4n) is 1.56. The molecule has 1 rings (SSSR count). The van der Waals surface area contributed by atoms with E-state index in [1.807, 2.05) is 20.0 Å². The van der Waals surface area contributed by atoms with Crippen molar-refractivity contribution in [2.24, 2.45) is 0 Å². The van der Waals surface area contributed by atoms with Gasteiger partial charge in [0, 0.05) is 17.3 Å². The summed E-state index contributed by atoms with van der Waals surface area (Å²) in [5, 5.41) is 0.228. The van der Waals surface area contributed by atoms with Crippen molar-refractivity contribution in [3.63, 3.8) is 0 Å². The van der Waals surface area contributed by atoms with Crippen LogP contribution in [0.15, 0.2) is 12.3 Å². The Bertz CT molecular complexity index is 307. The molecule has 78 valence electrons. The Hall–Kier alpha value is -0.560. The second-order valence-electron chi connectivity index (χ2n) is 4.09. The lowest BCUT2D eigenvalue weighted by Gasteiger charge is -2.14. The molecule has 2 unspecified atom stereocenters. The number of rotatable bonds is 3. The summed E-state index contributed by atoms with van der Waals surface area (Å²) in [4.78, 5) is 4.36. The predicted molar refractivity (Wildman–Crippen MR) is 62.1 cm³/mol. The molecule has 14 heavy (non-hydrogen) atoms. The molecule has 0 saturated carbocycles. The first kappa shape index (κ1) is 11.5. The van der Waals surface area contributed by atoms with Gasteiger partial charge in [-0.3, -0.25) is 4.98 Å². The third-order valence-corrected chi connectivity index (χ3v) is 2.79. The minimum Gasteiger partial charge on any atom is -0.261 e. The van der Waals surface area contributed by atoms with Crippen LogP contribution in [-0.2, 0) is 0 Å². The number of alkyl halides is 1. The van der Waals surface area contributed by atoms with Crippen molar-refractivity contribution in [1.82, 2.24) is 4.98 Å². The molecule has 0 aliphatic carbocycles. The summed E-state index contributed by atoms with van der Waals surface area (Å²) >= 11 is 5.97. The second-order valence-corrected chi connectivity index (χ2v) is 4.83. The number of pyridine rings is 1. The van der Waals surface area contributed by atoms with Crippen molar-refractivity contribution >= 4 is 11.6 Å². The fraction of sp³-hybridized carbons (Fsp3) is 0.583. The molecule has 2 heteroatoms. The van der Waals surface area contributed by atoms with Crippen LogP contribution in [0.4, 0.5) is 0 Å². The summed E-state index contributed by atoms with van der Waals surface area (Å²) in [5.41, 5.74) is 3.66. The van der Waals surface area contributed by atoms with Crippen molar-refractivity contribution < 1.29 is 0 Å². The van der Waals surface area contributed by atoms with Crippen LogP contribution in [0.2, 0.25) is 0 Å². The first-order valence-electron chi connectivity index (χ1n) is 5.08. The zero-order valence-corrected chi connectivity index (χ0v) is 10.1. The average Bonchev–Trinajstić information content (AvgIpc) is 2.08. The van der Waals surface area contributed by atoms with E-state index in [0.717, 1.165) is 12.1 Å². The van der Waals surface area contributed by atoms with Gasteiger partial charge < -0.3 is 0 Å². The molecule has 1 heterocycles. The zero-order chi connectivity index (χ0) is 10.7. The van der Waals surface area contributed by atoms with Gasteiger partial charge in [0.05, 0.1) is 0 Å². The van der Waals surface area contributed by atoms with E-state index in [0.29, 0.717) is 5.92 Å². The van der Waals surface area contributed by atoms with Crippen molar-refractivity contribution in [3.05, 3.63) is 29.1 Å². The average molecular weight is 212 g/mol. The topological polar surface area (TPSA) is 12.9 Å². The monoisotopic (exact) mass is 211 g/mol. The van der Waals surface area contributed by atoms with Crippen LogP contribution < -0.4 is 0 Å². The van der Waals surface area contributed by atoms with E-state index in [4.69, 9.17) is 11.6 Å². The highest BCUT2D eigenvalue weighted by molar-refractivity contribution is 6.20. The quantitative estimate of drug-likeness (QED) is 0.693. The van der Waals surface area contributed by atoms with E-state index >= 15 is 0 Å². The normalized spacial score (nSPS) is 15.2. The van der Waals surface area contributed by atoms with E-state index in [1.165, 1.54) is 11.1 Å². The van der Waals surface area contributed by atoms with Gasteiger partial charge >= 0.3 is 0 Å². The Balaban J connectivity index is 2.80. The molecular formula is C12H18ClN. The standard InChI is InChI=1S/C12H18ClN/c1-8-6-12(7-14-11(8)4)9(2)5-10(3)13/h6-7,9-10H,5H2,1-4H3. The fourth-order valence-corrected chi connectivity index (χ4v) is 1.82. The maximum absolute atomic E-state index is 5.97. The SMILES string of the molecule is Cc1cc(C(C)CC(C)Cl)cnc1C. The molecule has 0 aromatic carbocycles. The van der Waals surface area contributed by atoms with Crippen LogP contribution in [0, 0.1) is 13.8 Å². The number of hydrogen-bond acceptors (Lipinski definition) is 1. The minimum absolute atomic E-state index is 0.228. The lowest BCUT2D eigenvalue weighted by molar-refractivity contribution is 0.667. The maximum Gasteiger partial charge on any atom is 0.0401 e. The molecule has 0 spiro atoms. The number of aromatic nitrogens is 1. The molecule has 1 aromatic heterocycles. The number of halogens is 1. The van der Waals surface area contributed by atoms with Crippen molar-refractivity contribution in [3.8, 4) is 0 Å². The number of nitrogens with zero attached hydrogens (tertiary/aromatic N) is 1. The van der Waals surface area contributed by atoms with Crippen LogP contribution in [0.5, 0.6) is 0 Å². The zero-order valence-electron chi connectivity index (χ0n) is 9.34. The van der Waals surface area contributed by atoms with E-state index in [2.05, 4.69) is 24.9 Å². The van der Waals surface area contributed by atoms with Gasteiger partial charge in [0.1, 0.15) is 0 Å². The van der Waals surface area contributed by atoms with Gasteiger partial charge in [0.25, 0.3) is 0 Å². The van der Waals surface area contributed by atoms with Gasteiger partial charge in [-0.05, 0) is 44.2 Å². The summed E-state index contributed by atoms with van der Waals surface area (Å²) in [6.45, 7) is 8.37. The van der Waals surface area contributed by atoms with Gasteiger partial charge in [-0.1, -0.05) is 13.0 Å². The highest BCUT2D eigenvalue weighted by Crippen LogP contribution is 2.23. The molecular weight excluding hydrogens is 194 g/mol. The summed E-state index contributed by atoms with van der Waals surface area (Å²) in [6.07, 6.45) is 2.97. The molecule has 0 amide bonds. The lowest BCUT2D eigenvalue weighted by Crippen LogP contribution is -2.02. The van der Waals surface area contributed by atoms with Gasteiger partial charge in [-0.15, -0.1) is 11.6 Å². The molecule has 0 aliphatic rings. The van der Waals surface area contributed by atoms with E-state index < -0.39 is 0 Å². The van der Waals surface area contributed by atoms with Gasteiger partial charge in [0.15, 0.2) is 0 Å². The van der Waals surface area contributed by atoms with Crippen molar-refractivity contribution in [2.75, 3.05) is 0 Å². The molecule has 0 radical (unpaired) electrons. The van der Waals surface area contributed by atoms with Gasteiger partial charge in [0.2, 0.25) is 0 Å². The third-order valence-electron chi connectivity index (χ3n) is 2.61. The summed E-state index contributed by atoms with van der Waals surface area (Å²) in [7, 11) is 0. The van der Waals surface area contributed by atoms with Gasteiger partial charge in [-0.25, -0.2) is 0 Å². The number of aryl methyl sites for hydroxylation is 2. The van der Waals surface area contributed by atoms with Crippen molar-refractivity contribution in [2.45, 2.75) is 45.4 Å². The second kappa shape index (κ2) is 4.79. The van der Waals surface area contributed by atoms with Gasteiger partial charge in [-0.2, -0.15) is 0 Å². The highest BCUT2D eigenvalue weighted by Gasteiger charge is 2.09. The van der Waals surface area contributed by atoms with Crippen LogP contribution in [-0.4, -0.2) is 10.4 Å². The van der Waals surface area contributed by atoms with E-state index in [1.54, 1.807) is 0 Å². The molecule has 1 nitrogen and oxygen atoms in total. The first-order chi connectivity index (χ1) is 6.50. The van der Waals surface area contributed by atoms with Crippen molar-refractivity contribution in [1.29, 1.82) is 0 Å².